The second-order valence-electron chi connectivity index (χ2n) is 4.69. The van der Waals surface area contributed by atoms with Gasteiger partial charge in [-0.3, -0.25) is 4.79 Å². The average Bonchev–Trinajstić information content (AvgIpc) is 2.54. The highest BCUT2D eigenvalue weighted by Gasteiger charge is 2.39. The van der Waals surface area contributed by atoms with Crippen molar-refractivity contribution in [2.75, 3.05) is 13.2 Å². The highest BCUT2D eigenvalue weighted by molar-refractivity contribution is 6.06. The van der Waals surface area contributed by atoms with E-state index in [1.54, 1.807) is 0 Å². The highest BCUT2D eigenvalue weighted by atomic mass is 16.5. The highest BCUT2D eigenvalue weighted by Crippen LogP contribution is 2.26. The second-order valence-corrected chi connectivity index (χ2v) is 4.69. The Bertz CT molecular complexity index is 470. The largest absolute Gasteiger partial charge is 0.492 e. The third-order valence-electron chi connectivity index (χ3n) is 3.64. The molecule has 0 bridgehead atoms. The summed E-state index contributed by atoms with van der Waals surface area (Å²) < 4.78 is 5.50. The van der Waals surface area contributed by atoms with Crippen molar-refractivity contribution in [2.24, 2.45) is 16.3 Å². The van der Waals surface area contributed by atoms with Crippen LogP contribution >= 0.6 is 0 Å². The maximum atomic E-state index is 12.3. The average molecular weight is 293 g/mol. The topological polar surface area (TPSA) is 96.9 Å². The number of oxime groups is 1. The normalized spacial score (nSPS) is 12.0. The molecule has 0 saturated heterocycles. The summed E-state index contributed by atoms with van der Waals surface area (Å²) in [4.78, 5) is 12.3. The fraction of sp³-hybridized carbons (Fsp3) is 0.467. The lowest BCUT2D eigenvalue weighted by Gasteiger charge is -2.28. The molecule has 0 heterocycles. The molecule has 0 aromatic heterocycles. The molecule has 0 spiro atoms. The molecule has 21 heavy (non-hydrogen) atoms. The Morgan fingerprint density at radius 3 is 2.48 bits per heavy atom. The van der Waals surface area contributed by atoms with Crippen LogP contribution in [0.2, 0.25) is 0 Å². The summed E-state index contributed by atoms with van der Waals surface area (Å²) in [6, 6.07) is 9.36. The zero-order valence-electron chi connectivity index (χ0n) is 12.5. The van der Waals surface area contributed by atoms with Crippen LogP contribution in [0.25, 0.3) is 0 Å². The van der Waals surface area contributed by atoms with Crippen LogP contribution < -0.4 is 15.8 Å². The fourth-order valence-electron chi connectivity index (χ4n) is 2.16. The summed E-state index contributed by atoms with van der Waals surface area (Å²) in [5.41, 5.74) is 4.71. The SMILES string of the molecule is CCC(CC)(C(=O)NCCOc1ccccc1)C(N)=NO. The Hall–Kier alpha value is -2.24. The van der Waals surface area contributed by atoms with Gasteiger partial charge in [-0.25, -0.2) is 0 Å². The van der Waals surface area contributed by atoms with Gasteiger partial charge >= 0.3 is 0 Å². The molecular formula is C15H23N3O3. The molecule has 0 aliphatic carbocycles. The Labute approximate surface area is 125 Å². The lowest BCUT2D eigenvalue weighted by molar-refractivity contribution is -0.128. The number of ether oxygens (including phenoxy) is 1. The van der Waals surface area contributed by atoms with E-state index in [1.165, 1.54) is 0 Å². The summed E-state index contributed by atoms with van der Waals surface area (Å²) in [5.74, 6) is 0.439. The molecule has 0 aliphatic rings. The van der Waals surface area contributed by atoms with E-state index in [4.69, 9.17) is 15.7 Å². The summed E-state index contributed by atoms with van der Waals surface area (Å²) in [6.07, 6.45) is 0.926. The van der Waals surface area contributed by atoms with Crippen molar-refractivity contribution >= 4 is 11.7 Å². The van der Waals surface area contributed by atoms with Crippen molar-refractivity contribution in [1.29, 1.82) is 0 Å². The number of benzene rings is 1. The predicted octanol–water partition coefficient (Wildman–Crippen LogP) is 1.73. The molecule has 4 N–H and O–H groups in total. The van der Waals surface area contributed by atoms with Crippen LogP contribution in [0.3, 0.4) is 0 Å². The number of nitrogens with two attached hydrogens (primary N) is 1. The number of carbonyl (C=O) groups is 1. The number of amides is 1. The van der Waals surface area contributed by atoms with Gasteiger partial charge in [0.2, 0.25) is 5.91 Å². The van der Waals surface area contributed by atoms with Gasteiger partial charge in [0, 0.05) is 0 Å². The van der Waals surface area contributed by atoms with E-state index in [9.17, 15) is 4.79 Å². The van der Waals surface area contributed by atoms with Crippen molar-refractivity contribution in [2.45, 2.75) is 26.7 Å². The lowest BCUT2D eigenvalue weighted by atomic mass is 9.80. The van der Waals surface area contributed by atoms with Crippen molar-refractivity contribution in [3.05, 3.63) is 30.3 Å². The second kappa shape index (κ2) is 8.14. The monoisotopic (exact) mass is 293 g/mol. The maximum Gasteiger partial charge on any atom is 0.234 e. The van der Waals surface area contributed by atoms with Gasteiger partial charge in [-0.2, -0.15) is 0 Å². The van der Waals surface area contributed by atoms with E-state index in [-0.39, 0.29) is 11.7 Å². The van der Waals surface area contributed by atoms with E-state index in [1.807, 2.05) is 44.2 Å². The number of para-hydroxylation sites is 1. The molecule has 1 rings (SSSR count). The van der Waals surface area contributed by atoms with Crippen molar-refractivity contribution < 1.29 is 14.7 Å². The molecule has 6 nitrogen and oxygen atoms in total. The number of hydrogen-bond acceptors (Lipinski definition) is 4. The quantitative estimate of drug-likeness (QED) is 0.223. The van der Waals surface area contributed by atoms with Crippen molar-refractivity contribution in [3.63, 3.8) is 0 Å². The zero-order valence-corrected chi connectivity index (χ0v) is 12.5. The summed E-state index contributed by atoms with van der Waals surface area (Å²) in [5, 5.41) is 14.6. The van der Waals surface area contributed by atoms with Gasteiger partial charge in [-0.1, -0.05) is 37.2 Å². The zero-order chi connectivity index (χ0) is 15.7. The van der Waals surface area contributed by atoms with Gasteiger partial charge in [-0.15, -0.1) is 0 Å². The van der Waals surface area contributed by atoms with E-state index in [2.05, 4.69) is 10.5 Å². The third-order valence-corrected chi connectivity index (χ3v) is 3.64. The summed E-state index contributed by atoms with van der Waals surface area (Å²) in [6.45, 7) is 4.38. The first-order chi connectivity index (χ1) is 10.1. The Morgan fingerprint density at radius 1 is 1.33 bits per heavy atom. The molecule has 0 radical (unpaired) electrons. The van der Waals surface area contributed by atoms with Crippen LogP contribution in [0.15, 0.2) is 35.5 Å². The van der Waals surface area contributed by atoms with Crippen LogP contribution in [0.1, 0.15) is 26.7 Å². The fourth-order valence-corrected chi connectivity index (χ4v) is 2.16. The van der Waals surface area contributed by atoms with Crippen LogP contribution in [0.5, 0.6) is 5.75 Å². The Kier molecular flexibility index (Phi) is 6.52. The van der Waals surface area contributed by atoms with E-state index >= 15 is 0 Å². The minimum absolute atomic E-state index is 0.0611. The van der Waals surface area contributed by atoms with Crippen LogP contribution in [-0.2, 0) is 4.79 Å². The third kappa shape index (κ3) is 4.11. The molecule has 6 heteroatoms. The Balaban J connectivity index is 2.51. The molecule has 0 fully saturated rings. The standard InChI is InChI=1S/C15H23N3O3/c1-3-15(4-2,13(16)18-20)14(19)17-10-11-21-12-8-6-5-7-9-12/h5-9,20H,3-4,10-11H2,1-2H3,(H2,16,18)(H,17,19). The number of rotatable bonds is 8. The van der Waals surface area contributed by atoms with E-state index < -0.39 is 5.41 Å². The molecule has 0 aliphatic heterocycles. The molecule has 1 aromatic carbocycles. The van der Waals surface area contributed by atoms with Crippen LogP contribution in [0, 0.1) is 5.41 Å². The lowest BCUT2D eigenvalue weighted by Crippen LogP contribution is -2.50. The first-order valence-corrected chi connectivity index (χ1v) is 7.04. The molecule has 0 unspecified atom stereocenters. The summed E-state index contributed by atoms with van der Waals surface area (Å²) >= 11 is 0. The van der Waals surface area contributed by atoms with Crippen LogP contribution in [0.4, 0.5) is 0 Å². The number of amidine groups is 1. The van der Waals surface area contributed by atoms with Gasteiger partial charge in [0.25, 0.3) is 0 Å². The van der Waals surface area contributed by atoms with Gasteiger partial charge in [-0.05, 0) is 25.0 Å². The number of carbonyl (C=O) groups excluding carboxylic acids is 1. The van der Waals surface area contributed by atoms with Gasteiger partial charge in [0.05, 0.1) is 6.54 Å². The molecule has 1 amide bonds. The maximum absolute atomic E-state index is 12.3. The van der Waals surface area contributed by atoms with Gasteiger partial charge < -0.3 is 21.0 Å². The molecule has 0 atom stereocenters. The van der Waals surface area contributed by atoms with Crippen molar-refractivity contribution in [1.82, 2.24) is 5.32 Å². The number of nitrogens with zero attached hydrogens (tertiary/aromatic N) is 1. The molecule has 116 valence electrons. The smallest absolute Gasteiger partial charge is 0.234 e. The first-order valence-electron chi connectivity index (χ1n) is 7.04. The number of hydrogen-bond donors (Lipinski definition) is 3. The molecule has 1 aromatic rings. The van der Waals surface area contributed by atoms with Gasteiger partial charge in [0.1, 0.15) is 17.8 Å². The number of nitrogens with one attached hydrogen (secondary N) is 1. The minimum Gasteiger partial charge on any atom is -0.492 e. The Morgan fingerprint density at radius 2 is 1.95 bits per heavy atom. The minimum atomic E-state index is -0.971. The molecule has 0 saturated carbocycles. The van der Waals surface area contributed by atoms with E-state index in [0.717, 1.165) is 5.75 Å². The molecular weight excluding hydrogens is 270 g/mol. The first kappa shape index (κ1) is 16.8. The predicted molar refractivity (Wildman–Crippen MR) is 81.4 cm³/mol. The van der Waals surface area contributed by atoms with Crippen LogP contribution in [-0.4, -0.2) is 30.1 Å². The van der Waals surface area contributed by atoms with Crippen molar-refractivity contribution in [3.8, 4) is 5.75 Å². The van der Waals surface area contributed by atoms with Gasteiger partial charge in [0.15, 0.2) is 5.84 Å². The summed E-state index contributed by atoms with van der Waals surface area (Å²) in [7, 11) is 0. The van der Waals surface area contributed by atoms with E-state index in [0.29, 0.717) is 26.0 Å².